The Labute approximate surface area is 104 Å². The molecule has 0 spiro atoms. The van der Waals surface area contributed by atoms with Gasteiger partial charge in [0, 0.05) is 13.2 Å². The second-order valence-corrected chi connectivity index (χ2v) is 4.82. The van der Waals surface area contributed by atoms with Gasteiger partial charge in [-0.2, -0.15) is 0 Å². The highest BCUT2D eigenvalue weighted by molar-refractivity contribution is 7.18. The molecule has 1 heterocycles. The summed E-state index contributed by atoms with van der Waals surface area (Å²) in [6, 6.07) is 0. The molecule has 0 aliphatic carbocycles. The Balaban J connectivity index is 2.11. The predicted octanol–water partition coefficient (Wildman–Crippen LogP) is 2.67. The molecule has 0 radical (unpaired) electrons. The first kappa shape index (κ1) is 13.9. The molecular weight excluding hydrogens is 242 g/mol. The van der Waals surface area contributed by atoms with Gasteiger partial charge in [-0.1, -0.05) is 0 Å². The van der Waals surface area contributed by atoms with Crippen LogP contribution in [0.2, 0.25) is 0 Å². The molecule has 0 aliphatic heterocycles. The van der Waals surface area contributed by atoms with Gasteiger partial charge in [0.05, 0.1) is 11.0 Å². The lowest BCUT2D eigenvalue weighted by Gasteiger charge is -2.07. The van der Waals surface area contributed by atoms with E-state index in [1.807, 2.05) is 13.8 Å². The summed E-state index contributed by atoms with van der Waals surface area (Å²) in [7, 11) is 0. The number of nitro groups is 1. The molecule has 0 aliphatic rings. The van der Waals surface area contributed by atoms with Gasteiger partial charge in [-0.3, -0.25) is 10.1 Å². The van der Waals surface area contributed by atoms with Gasteiger partial charge in [0.25, 0.3) is 0 Å². The maximum absolute atomic E-state index is 10.4. The Morgan fingerprint density at radius 1 is 1.59 bits per heavy atom. The van der Waals surface area contributed by atoms with Crippen molar-refractivity contribution in [1.29, 1.82) is 0 Å². The number of aromatic nitrogens is 1. The van der Waals surface area contributed by atoms with Crippen molar-refractivity contribution < 1.29 is 9.66 Å². The molecule has 0 aromatic carbocycles. The Morgan fingerprint density at radius 3 is 2.94 bits per heavy atom. The van der Waals surface area contributed by atoms with E-state index in [1.165, 1.54) is 6.20 Å². The Kier molecular flexibility index (Phi) is 5.85. The second-order valence-electron chi connectivity index (χ2n) is 3.81. The van der Waals surface area contributed by atoms with Crippen LogP contribution in [0, 0.1) is 10.1 Å². The summed E-state index contributed by atoms with van der Waals surface area (Å²) in [6.45, 7) is 5.52. The first-order valence-corrected chi connectivity index (χ1v) is 6.37. The summed E-state index contributed by atoms with van der Waals surface area (Å²) in [5, 5.41) is 14.1. The Hall–Kier alpha value is -1.21. The smallest absolute Gasteiger partial charge is 0.345 e. The predicted molar refractivity (Wildman–Crippen MR) is 67.6 cm³/mol. The average molecular weight is 259 g/mol. The third kappa shape index (κ3) is 5.60. The van der Waals surface area contributed by atoms with Crippen LogP contribution in [0.1, 0.15) is 26.7 Å². The molecule has 0 unspecified atom stereocenters. The maximum atomic E-state index is 10.4. The van der Waals surface area contributed by atoms with E-state index in [4.69, 9.17) is 4.74 Å². The van der Waals surface area contributed by atoms with Gasteiger partial charge in [-0.15, -0.1) is 0 Å². The number of hydrogen-bond donors (Lipinski definition) is 1. The summed E-state index contributed by atoms with van der Waals surface area (Å²) in [5.74, 6) is 0. The molecule has 0 saturated carbocycles. The zero-order valence-corrected chi connectivity index (χ0v) is 10.8. The molecule has 96 valence electrons. The highest BCUT2D eigenvalue weighted by atomic mass is 32.1. The minimum absolute atomic E-state index is 0.0654. The van der Waals surface area contributed by atoms with Gasteiger partial charge in [0.2, 0.25) is 0 Å². The van der Waals surface area contributed by atoms with Gasteiger partial charge in [0.15, 0.2) is 5.13 Å². The summed E-state index contributed by atoms with van der Waals surface area (Å²) in [6.07, 6.45) is 3.47. The Bertz CT molecular complexity index is 354. The summed E-state index contributed by atoms with van der Waals surface area (Å²) >= 11 is 1.06. The number of anilines is 1. The first-order chi connectivity index (χ1) is 8.09. The average Bonchev–Trinajstić information content (AvgIpc) is 2.71. The maximum Gasteiger partial charge on any atom is 0.345 e. The largest absolute Gasteiger partial charge is 0.379 e. The SMILES string of the molecule is CC(C)OCCCCNc1ncc([N+](=O)[O-])s1. The third-order valence-electron chi connectivity index (χ3n) is 1.97. The van der Waals surface area contributed by atoms with E-state index in [1.54, 1.807) is 0 Å². The zero-order valence-electron chi connectivity index (χ0n) is 10.0. The highest BCUT2D eigenvalue weighted by Crippen LogP contribution is 2.24. The zero-order chi connectivity index (χ0) is 12.7. The van der Waals surface area contributed by atoms with Crippen molar-refractivity contribution in [3.8, 4) is 0 Å². The van der Waals surface area contributed by atoms with Crippen LogP contribution in [0.4, 0.5) is 10.1 Å². The molecule has 1 aromatic heterocycles. The normalized spacial score (nSPS) is 10.8. The number of nitrogens with zero attached hydrogens (tertiary/aromatic N) is 2. The van der Waals surface area contributed by atoms with Gasteiger partial charge in [0.1, 0.15) is 6.20 Å². The van der Waals surface area contributed by atoms with Crippen LogP contribution >= 0.6 is 11.3 Å². The quantitative estimate of drug-likeness (QED) is 0.441. The van der Waals surface area contributed by atoms with Crippen LogP contribution in [-0.4, -0.2) is 29.2 Å². The lowest BCUT2D eigenvalue weighted by atomic mass is 10.3. The van der Waals surface area contributed by atoms with Crippen LogP contribution in [0.5, 0.6) is 0 Å². The van der Waals surface area contributed by atoms with E-state index in [-0.39, 0.29) is 11.1 Å². The fourth-order valence-corrected chi connectivity index (χ4v) is 1.83. The standard InChI is InChI=1S/C10H17N3O3S/c1-8(2)16-6-4-3-5-11-10-12-7-9(17-10)13(14)15/h7-8H,3-6H2,1-2H3,(H,11,12). The van der Waals surface area contributed by atoms with Gasteiger partial charge in [-0.05, 0) is 38.0 Å². The fraction of sp³-hybridized carbons (Fsp3) is 0.700. The van der Waals surface area contributed by atoms with Gasteiger partial charge < -0.3 is 10.1 Å². The van der Waals surface area contributed by atoms with E-state index < -0.39 is 4.92 Å². The van der Waals surface area contributed by atoms with Crippen molar-refractivity contribution >= 4 is 21.5 Å². The van der Waals surface area contributed by atoms with Crippen molar-refractivity contribution in [1.82, 2.24) is 4.98 Å². The number of thiazole rings is 1. The lowest BCUT2D eigenvalue weighted by molar-refractivity contribution is -0.380. The van der Waals surface area contributed by atoms with E-state index >= 15 is 0 Å². The number of unbranched alkanes of at least 4 members (excludes halogenated alkanes) is 1. The van der Waals surface area contributed by atoms with Crippen LogP contribution in [0.25, 0.3) is 0 Å². The van der Waals surface area contributed by atoms with Crippen molar-refractivity contribution in [2.75, 3.05) is 18.5 Å². The van der Waals surface area contributed by atoms with Crippen molar-refractivity contribution in [2.45, 2.75) is 32.8 Å². The summed E-state index contributed by atoms with van der Waals surface area (Å²) < 4.78 is 5.40. The number of nitrogens with one attached hydrogen (secondary N) is 1. The third-order valence-corrected chi connectivity index (χ3v) is 2.88. The van der Waals surface area contributed by atoms with Crippen LogP contribution in [0.3, 0.4) is 0 Å². The molecule has 1 N–H and O–H groups in total. The minimum Gasteiger partial charge on any atom is -0.379 e. The fourth-order valence-electron chi connectivity index (χ4n) is 1.17. The van der Waals surface area contributed by atoms with Crippen LogP contribution < -0.4 is 5.32 Å². The molecule has 0 amide bonds. The van der Waals surface area contributed by atoms with Crippen LogP contribution in [-0.2, 0) is 4.74 Å². The van der Waals surface area contributed by atoms with Crippen molar-refractivity contribution in [3.63, 3.8) is 0 Å². The minimum atomic E-state index is -0.431. The number of ether oxygens (including phenoxy) is 1. The second kappa shape index (κ2) is 7.18. The number of rotatable bonds is 8. The van der Waals surface area contributed by atoms with E-state index in [0.29, 0.717) is 5.13 Å². The molecule has 0 atom stereocenters. The number of hydrogen-bond acceptors (Lipinski definition) is 6. The van der Waals surface area contributed by atoms with Crippen molar-refractivity contribution in [2.24, 2.45) is 0 Å². The molecule has 17 heavy (non-hydrogen) atoms. The molecule has 6 nitrogen and oxygen atoms in total. The monoisotopic (exact) mass is 259 g/mol. The summed E-state index contributed by atoms with van der Waals surface area (Å²) in [4.78, 5) is 13.9. The topological polar surface area (TPSA) is 77.3 Å². The molecule has 0 fully saturated rings. The van der Waals surface area contributed by atoms with Crippen molar-refractivity contribution in [3.05, 3.63) is 16.3 Å². The van der Waals surface area contributed by atoms with E-state index in [0.717, 1.165) is 37.3 Å². The van der Waals surface area contributed by atoms with Gasteiger partial charge >= 0.3 is 5.00 Å². The molecule has 7 heteroatoms. The Morgan fingerprint density at radius 2 is 2.35 bits per heavy atom. The first-order valence-electron chi connectivity index (χ1n) is 5.55. The molecule has 0 saturated heterocycles. The summed E-state index contributed by atoms with van der Waals surface area (Å²) in [5.41, 5.74) is 0. The van der Waals surface area contributed by atoms with Gasteiger partial charge in [-0.25, -0.2) is 4.98 Å². The van der Waals surface area contributed by atoms with E-state index in [9.17, 15) is 10.1 Å². The lowest BCUT2D eigenvalue weighted by Crippen LogP contribution is -2.06. The molecule has 1 aromatic rings. The molecular formula is C10H17N3O3S. The van der Waals surface area contributed by atoms with E-state index in [2.05, 4.69) is 10.3 Å². The molecule has 0 bridgehead atoms. The highest BCUT2D eigenvalue weighted by Gasteiger charge is 2.10. The molecule has 1 rings (SSSR count). The van der Waals surface area contributed by atoms with Crippen LogP contribution in [0.15, 0.2) is 6.20 Å².